The Balaban J connectivity index is 1.93. The number of nitrogens with zero attached hydrogens (tertiary/aromatic N) is 2. The number of pyridine rings is 1. The van der Waals surface area contributed by atoms with Crippen LogP contribution in [0.5, 0.6) is 0 Å². The standard InChI is InChI=1S/C21H15ClN2/c1-21(2)19-6-4-14(15-8-16(22)12-24-11-15)9-18(19)17-5-3-13(10-23)7-20(17)21/h3-9,11-12H,1-2H3. The highest BCUT2D eigenvalue weighted by Gasteiger charge is 2.35. The Morgan fingerprint density at radius 3 is 2.50 bits per heavy atom. The summed E-state index contributed by atoms with van der Waals surface area (Å²) < 4.78 is 0. The number of hydrogen-bond acceptors (Lipinski definition) is 2. The molecule has 0 unspecified atom stereocenters. The zero-order chi connectivity index (χ0) is 16.9. The summed E-state index contributed by atoms with van der Waals surface area (Å²) in [4.78, 5) is 4.18. The molecule has 116 valence electrons. The molecule has 0 aliphatic heterocycles. The first-order valence-electron chi connectivity index (χ1n) is 7.81. The van der Waals surface area contributed by atoms with Crippen molar-refractivity contribution in [3.8, 4) is 28.3 Å². The largest absolute Gasteiger partial charge is 0.263 e. The van der Waals surface area contributed by atoms with Crippen LogP contribution in [0.2, 0.25) is 5.02 Å². The van der Waals surface area contributed by atoms with Gasteiger partial charge in [-0.25, -0.2) is 0 Å². The Morgan fingerprint density at radius 1 is 0.917 bits per heavy atom. The van der Waals surface area contributed by atoms with E-state index in [4.69, 9.17) is 11.6 Å². The van der Waals surface area contributed by atoms with Crippen molar-refractivity contribution in [1.29, 1.82) is 5.26 Å². The Bertz CT molecular complexity index is 1010. The monoisotopic (exact) mass is 330 g/mol. The molecule has 4 rings (SSSR count). The lowest BCUT2D eigenvalue weighted by molar-refractivity contribution is 0.660. The lowest BCUT2D eigenvalue weighted by atomic mass is 9.82. The van der Waals surface area contributed by atoms with E-state index in [1.165, 1.54) is 22.3 Å². The van der Waals surface area contributed by atoms with Gasteiger partial charge in [-0.05, 0) is 52.1 Å². The van der Waals surface area contributed by atoms with Crippen LogP contribution in [-0.2, 0) is 5.41 Å². The summed E-state index contributed by atoms with van der Waals surface area (Å²) in [6.07, 6.45) is 3.47. The van der Waals surface area contributed by atoms with Crippen molar-refractivity contribution in [3.63, 3.8) is 0 Å². The van der Waals surface area contributed by atoms with Gasteiger partial charge in [0.2, 0.25) is 0 Å². The Hall–Kier alpha value is -2.63. The van der Waals surface area contributed by atoms with Crippen molar-refractivity contribution in [2.45, 2.75) is 19.3 Å². The maximum Gasteiger partial charge on any atom is 0.0991 e. The average Bonchev–Trinajstić information content (AvgIpc) is 2.82. The SMILES string of the molecule is CC1(C)c2ccc(-c3cncc(Cl)c3)cc2-c2ccc(C#N)cc21. The van der Waals surface area contributed by atoms with E-state index >= 15 is 0 Å². The topological polar surface area (TPSA) is 36.7 Å². The number of benzene rings is 2. The number of halogens is 1. The fourth-order valence-electron chi connectivity index (χ4n) is 3.57. The molecule has 0 amide bonds. The van der Waals surface area contributed by atoms with Crippen molar-refractivity contribution in [1.82, 2.24) is 4.98 Å². The van der Waals surface area contributed by atoms with Crippen LogP contribution in [0, 0.1) is 11.3 Å². The zero-order valence-electron chi connectivity index (χ0n) is 13.5. The molecule has 3 aromatic rings. The number of nitriles is 1. The van der Waals surface area contributed by atoms with Gasteiger partial charge in [-0.1, -0.05) is 43.6 Å². The molecule has 0 fully saturated rings. The average molecular weight is 331 g/mol. The van der Waals surface area contributed by atoms with Gasteiger partial charge in [-0.3, -0.25) is 4.98 Å². The second-order valence-corrected chi connectivity index (χ2v) is 7.09. The maximum absolute atomic E-state index is 9.21. The lowest BCUT2D eigenvalue weighted by Gasteiger charge is -2.21. The van der Waals surface area contributed by atoms with E-state index < -0.39 is 0 Å². The van der Waals surface area contributed by atoms with Crippen LogP contribution in [-0.4, -0.2) is 4.98 Å². The van der Waals surface area contributed by atoms with Gasteiger partial charge >= 0.3 is 0 Å². The minimum Gasteiger partial charge on any atom is -0.263 e. The molecule has 0 radical (unpaired) electrons. The molecule has 1 aliphatic carbocycles. The Labute approximate surface area is 146 Å². The third-order valence-electron chi connectivity index (χ3n) is 4.84. The highest BCUT2D eigenvalue weighted by atomic mass is 35.5. The highest BCUT2D eigenvalue weighted by Crippen LogP contribution is 2.49. The number of rotatable bonds is 1. The van der Waals surface area contributed by atoms with E-state index in [-0.39, 0.29) is 5.41 Å². The van der Waals surface area contributed by atoms with Crippen LogP contribution in [0.4, 0.5) is 0 Å². The molecule has 0 atom stereocenters. The van der Waals surface area contributed by atoms with E-state index in [0.29, 0.717) is 10.6 Å². The van der Waals surface area contributed by atoms with Gasteiger partial charge in [0.25, 0.3) is 0 Å². The minimum absolute atomic E-state index is 0.108. The van der Waals surface area contributed by atoms with Gasteiger partial charge in [0.1, 0.15) is 0 Å². The van der Waals surface area contributed by atoms with Gasteiger partial charge in [0, 0.05) is 23.4 Å². The first-order chi connectivity index (χ1) is 11.5. The van der Waals surface area contributed by atoms with Gasteiger partial charge in [-0.15, -0.1) is 0 Å². The van der Waals surface area contributed by atoms with E-state index in [1.807, 2.05) is 24.4 Å². The predicted octanol–water partition coefficient (Wildman–Crippen LogP) is 5.58. The first-order valence-corrected chi connectivity index (χ1v) is 8.19. The summed E-state index contributed by atoms with van der Waals surface area (Å²) in [6.45, 7) is 4.42. The van der Waals surface area contributed by atoms with Crippen LogP contribution in [0.1, 0.15) is 30.5 Å². The van der Waals surface area contributed by atoms with Crippen LogP contribution in [0.25, 0.3) is 22.3 Å². The van der Waals surface area contributed by atoms with Crippen molar-refractivity contribution in [2.75, 3.05) is 0 Å². The molecule has 0 N–H and O–H groups in total. The molecule has 2 nitrogen and oxygen atoms in total. The molecule has 1 aliphatic rings. The first kappa shape index (κ1) is 14.9. The normalized spacial score (nSPS) is 13.9. The quantitative estimate of drug-likeness (QED) is 0.584. The van der Waals surface area contributed by atoms with Gasteiger partial charge < -0.3 is 0 Å². The van der Waals surface area contributed by atoms with Crippen molar-refractivity contribution >= 4 is 11.6 Å². The molecule has 0 saturated heterocycles. The molecular formula is C21H15ClN2. The summed E-state index contributed by atoms with van der Waals surface area (Å²) in [6, 6.07) is 16.6. The van der Waals surface area contributed by atoms with E-state index in [9.17, 15) is 5.26 Å². The van der Waals surface area contributed by atoms with Crippen LogP contribution >= 0.6 is 11.6 Å². The lowest BCUT2D eigenvalue weighted by Crippen LogP contribution is -2.15. The minimum atomic E-state index is -0.108. The molecule has 1 aromatic heterocycles. The Kier molecular flexibility index (Phi) is 3.23. The van der Waals surface area contributed by atoms with Crippen LogP contribution in [0.3, 0.4) is 0 Å². The van der Waals surface area contributed by atoms with Crippen LogP contribution < -0.4 is 0 Å². The summed E-state index contributed by atoms with van der Waals surface area (Å²) >= 11 is 6.08. The summed E-state index contributed by atoms with van der Waals surface area (Å²) in [5, 5.41) is 9.84. The molecular weight excluding hydrogens is 316 g/mol. The Morgan fingerprint density at radius 2 is 1.75 bits per heavy atom. The molecule has 1 heterocycles. The summed E-state index contributed by atoms with van der Waals surface area (Å²) in [7, 11) is 0. The van der Waals surface area contributed by atoms with Crippen molar-refractivity contribution in [3.05, 3.63) is 76.6 Å². The fourth-order valence-corrected chi connectivity index (χ4v) is 3.75. The predicted molar refractivity (Wildman–Crippen MR) is 97.0 cm³/mol. The van der Waals surface area contributed by atoms with Gasteiger partial charge in [0.05, 0.1) is 16.7 Å². The smallest absolute Gasteiger partial charge is 0.0991 e. The molecule has 24 heavy (non-hydrogen) atoms. The van der Waals surface area contributed by atoms with E-state index in [2.05, 4.69) is 49.2 Å². The molecule has 0 bridgehead atoms. The van der Waals surface area contributed by atoms with Gasteiger partial charge in [0.15, 0.2) is 0 Å². The van der Waals surface area contributed by atoms with Crippen molar-refractivity contribution < 1.29 is 0 Å². The third kappa shape index (κ3) is 2.13. The van der Waals surface area contributed by atoms with Crippen LogP contribution in [0.15, 0.2) is 54.9 Å². The third-order valence-corrected chi connectivity index (χ3v) is 5.05. The highest BCUT2D eigenvalue weighted by molar-refractivity contribution is 6.30. The summed E-state index contributed by atoms with van der Waals surface area (Å²) in [5.41, 5.74) is 7.60. The van der Waals surface area contributed by atoms with E-state index in [0.717, 1.165) is 11.1 Å². The zero-order valence-corrected chi connectivity index (χ0v) is 14.2. The molecule has 0 saturated carbocycles. The molecule has 3 heteroatoms. The number of hydrogen-bond donors (Lipinski definition) is 0. The number of fused-ring (bicyclic) bond motifs is 3. The second-order valence-electron chi connectivity index (χ2n) is 6.65. The summed E-state index contributed by atoms with van der Waals surface area (Å²) in [5.74, 6) is 0. The van der Waals surface area contributed by atoms with Gasteiger partial charge in [-0.2, -0.15) is 5.26 Å². The van der Waals surface area contributed by atoms with E-state index in [1.54, 1.807) is 6.20 Å². The number of aromatic nitrogens is 1. The second kappa shape index (κ2) is 5.19. The van der Waals surface area contributed by atoms with Crippen molar-refractivity contribution in [2.24, 2.45) is 0 Å². The maximum atomic E-state index is 9.21. The fraction of sp³-hybridized carbons (Fsp3) is 0.143. The molecule has 0 spiro atoms. The molecule has 2 aromatic carbocycles.